The Hall–Kier alpha value is -2.73. The SMILES string of the molecule is O=C(Nc1ccc(CNC(=O)C2(O)CCCC2)cc1)c1cccnc1. The average Bonchev–Trinajstić information content (AvgIpc) is 3.09. The predicted octanol–water partition coefficient (Wildman–Crippen LogP) is 2.26. The van der Waals surface area contributed by atoms with Crippen LogP contribution >= 0.6 is 0 Å². The summed E-state index contributed by atoms with van der Waals surface area (Å²) in [7, 11) is 0. The quantitative estimate of drug-likeness (QED) is 0.779. The van der Waals surface area contributed by atoms with Crippen molar-refractivity contribution in [2.75, 3.05) is 5.32 Å². The van der Waals surface area contributed by atoms with E-state index in [1.165, 1.54) is 6.20 Å². The van der Waals surface area contributed by atoms with Gasteiger partial charge in [0.15, 0.2) is 0 Å². The predicted molar refractivity (Wildman–Crippen MR) is 93.9 cm³/mol. The molecule has 3 N–H and O–H groups in total. The van der Waals surface area contributed by atoms with Crippen molar-refractivity contribution in [2.24, 2.45) is 0 Å². The molecule has 0 unspecified atom stereocenters. The molecule has 0 bridgehead atoms. The minimum absolute atomic E-state index is 0.224. The Morgan fingerprint density at radius 1 is 1.12 bits per heavy atom. The van der Waals surface area contributed by atoms with Gasteiger partial charge in [0.05, 0.1) is 5.56 Å². The van der Waals surface area contributed by atoms with E-state index < -0.39 is 5.60 Å². The van der Waals surface area contributed by atoms with Crippen LogP contribution in [0.1, 0.15) is 41.6 Å². The molecule has 3 rings (SSSR count). The monoisotopic (exact) mass is 339 g/mol. The largest absolute Gasteiger partial charge is 0.380 e. The smallest absolute Gasteiger partial charge is 0.257 e. The molecule has 25 heavy (non-hydrogen) atoms. The number of amides is 2. The summed E-state index contributed by atoms with van der Waals surface area (Å²) in [5.41, 5.74) is 0.841. The molecular weight excluding hydrogens is 318 g/mol. The Labute approximate surface area is 146 Å². The Balaban J connectivity index is 1.54. The van der Waals surface area contributed by atoms with Gasteiger partial charge in [0.2, 0.25) is 0 Å². The maximum Gasteiger partial charge on any atom is 0.257 e. The van der Waals surface area contributed by atoms with E-state index in [2.05, 4.69) is 15.6 Å². The fraction of sp³-hybridized carbons (Fsp3) is 0.316. The number of nitrogens with one attached hydrogen (secondary N) is 2. The van der Waals surface area contributed by atoms with Crippen LogP contribution in [0.25, 0.3) is 0 Å². The number of anilines is 1. The van der Waals surface area contributed by atoms with Gasteiger partial charge in [-0.3, -0.25) is 14.6 Å². The van der Waals surface area contributed by atoms with Crippen molar-refractivity contribution in [2.45, 2.75) is 37.8 Å². The first-order valence-electron chi connectivity index (χ1n) is 8.38. The van der Waals surface area contributed by atoms with Crippen molar-refractivity contribution < 1.29 is 14.7 Å². The summed E-state index contributed by atoms with van der Waals surface area (Å²) in [6, 6.07) is 10.6. The molecule has 130 valence electrons. The summed E-state index contributed by atoms with van der Waals surface area (Å²) in [6.07, 6.45) is 5.94. The molecule has 6 heteroatoms. The van der Waals surface area contributed by atoms with Crippen LogP contribution in [-0.4, -0.2) is 27.5 Å². The van der Waals surface area contributed by atoms with Crippen molar-refractivity contribution in [1.29, 1.82) is 0 Å². The van der Waals surface area contributed by atoms with Gasteiger partial charge in [-0.05, 0) is 55.5 Å². The third-order valence-electron chi connectivity index (χ3n) is 4.44. The first-order valence-corrected chi connectivity index (χ1v) is 8.38. The van der Waals surface area contributed by atoms with E-state index in [0.717, 1.165) is 18.4 Å². The fourth-order valence-corrected chi connectivity index (χ4v) is 2.94. The summed E-state index contributed by atoms with van der Waals surface area (Å²) in [4.78, 5) is 28.1. The van der Waals surface area contributed by atoms with Crippen LogP contribution in [0, 0.1) is 0 Å². The number of carbonyl (C=O) groups is 2. The van der Waals surface area contributed by atoms with Crippen molar-refractivity contribution in [3.8, 4) is 0 Å². The lowest BCUT2D eigenvalue weighted by Gasteiger charge is -2.20. The summed E-state index contributed by atoms with van der Waals surface area (Å²) in [5.74, 6) is -0.531. The van der Waals surface area contributed by atoms with Crippen LogP contribution in [0.2, 0.25) is 0 Å². The van der Waals surface area contributed by atoms with Crippen molar-refractivity contribution in [1.82, 2.24) is 10.3 Å². The van der Waals surface area contributed by atoms with Gasteiger partial charge in [0.25, 0.3) is 11.8 Å². The number of nitrogens with zero attached hydrogens (tertiary/aromatic N) is 1. The van der Waals surface area contributed by atoms with E-state index in [4.69, 9.17) is 0 Å². The van der Waals surface area contributed by atoms with Gasteiger partial charge < -0.3 is 15.7 Å². The summed E-state index contributed by atoms with van der Waals surface area (Å²) >= 11 is 0. The van der Waals surface area contributed by atoms with Gasteiger partial charge in [0.1, 0.15) is 5.60 Å². The molecule has 0 spiro atoms. The van der Waals surface area contributed by atoms with Crippen LogP contribution in [0.5, 0.6) is 0 Å². The average molecular weight is 339 g/mol. The van der Waals surface area contributed by atoms with E-state index >= 15 is 0 Å². The second-order valence-corrected chi connectivity index (χ2v) is 6.31. The molecule has 6 nitrogen and oxygen atoms in total. The van der Waals surface area contributed by atoms with E-state index in [1.54, 1.807) is 30.5 Å². The number of rotatable bonds is 5. The molecule has 0 radical (unpaired) electrons. The molecule has 1 aromatic carbocycles. The van der Waals surface area contributed by atoms with Gasteiger partial charge in [-0.2, -0.15) is 0 Å². The molecule has 2 amide bonds. The van der Waals surface area contributed by atoms with Gasteiger partial charge in [-0.15, -0.1) is 0 Å². The van der Waals surface area contributed by atoms with Crippen molar-refractivity contribution in [3.63, 3.8) is 0 Å². The lowest BCUT2D eigenvalue weighted by Crippen LogP contribution is -2.44. The topological polar surface area (TPSA) is 91.3 Å². The number of hydrogen-bond donors (Lipinski definition) is 3. The third kappa shape index (κ3) is 4.22. The first-order chi connectivity index (χ1) is 12.1. The Morgan fingerprint density at radius 3 is 2.48 bits per heavy atom. The lowest BCUT2D eigenvalue weighted by molar-refractivity contribution is -0.139. The summed E-state index contributed by atoms with van der Waals surface area (Å²) in [6.45, 7) is 0.345. The van der Waals surface area contributed by atoms with Crippen LogP contribution in [0.15, 0.2) is 48.8 Å². The molecule has 1 aromatic heterocycles. The lowest BCUT2D eigenvalue weighted by atomic mass is 10.0. The van der Waals surface area contributed by atoms with E-state index in [9.17, 15) is 14.7 Å². The number of aliphatic hydroxyl groups is 1. The number of pyridine rings is 1. The van der Waals surface area contributed by atoms with Gasteiger partial charge >= 0.3 is 0 Å². The Morgan fingerprint density at radius 2 is 1.84 bits per heavy atom. The standard InChI is InChI=1S/C19H21N3O3/c23-17(15-4-3-11-20-13-15)22-16-7-5-14(6-8-16)12-21-18(24)19(25)9-1-2-10-19/h3-8,11,13,25H,1-2,9-10,12H2,(H,21,24)(H,22,23). The fourth-order valence-electron chi connectivity index (χ4n) is 2.94. The maximum absolute atomic E-state index is 12.1. The van der Waals surface area contributed by atoms with Gasteiger partial charge in [-0.25, -0.2) is 0 Å². The zero-order chi connectivity index (χ0) is 17.7. The molecule has 1 fully saturated rings. The number of aromatic nitrogens is 1. The highest BCUT2D eigenvalue weighted by molar-refractivity contribution is 6.04. The van der Waals surface area contributed by atoms with E-state index in [-0.39, 0.29) is 11.8 Å². The summed E-state index contributed by atoms with van der Waals surface area (Å²) < 4.78 is 0. The minimum atomic E-state index is -1.21. The van der Waals surface area contributed by atoms with Crippen molar-refractivity contribution in [3.05, 3.63) is 59.9 Å². The van der Waals surface area contributed by atoms with Crippen molar-refractivity contribution >= 4 is 17.5 Å². The zero-order valence-corrected chi connectivity index (χ0v) is 13.9. The normalized spacial score (nSPS) is 15.6. The number of benzene rings is 1. The first kappa shape index (κ1) is 17.1. The highest BCUT2D eigenvalue weighted by atomic mass is 16.3. The van der Waals surface area contributed by atoms with Gasteiger partial charge in [0, 0.05) is 24.6 Å². The number of hydrogen-bond acceptors (Lipinski definition) is 4. The second-order valence-electron chi connectivity index (χ2n) is 6.31. The molecule has 0 atom stereocenters. The van der Waals surface area contributed by atoms with Crippen LogP contribution in [-0.2, 0) is 11.3 Å². The van der Waals surface area contributed by atoms with Crippen LogP contribution in [0.3, 0.4) is 0 Å². The second kappa shape index (κ2) is 7.44. The molecule has 1 heterocycles. The molecule has 1 aliphatic rings. The highest BCUT2D eigenvalue weighted by Gasteiger charge is 2.38. The molecular formula is C19H21N3O3. The van der Waals surface area contributed by atoms with Crippen LogP contribution in [0.4, 0.5) is 5.69 Å². The Bertz CT molecular complexity index is 738. The minimum Gasteiger partial charge on any atom is -0.380 e. The van der Waals surface area contributed by atoms with Gasteiger partial charge in [-0.1, -0.05) is 12.1 Å². The van der Waals surface area contributed by atoms with E-state index in [0.29, 0.717) is 30.6 Å². The highest BCUT2D eigenvalue weighted by Crippen LogP contribution is 2.29. The Kier molecular flexibility index (Phi) is 5.09. The third-order valence-corrected chi connectivity index (χ3v) is 4.44. The number of carbonyl (C=O) groups excluding carboxylic acids is 2. The molecule has 1 aliphatic carbocycles. The molecule has 2 aromatic rings. The zero-order valence-electron chi connectivity index (χ0n) is 13.9. The summed E-state index contributed by atoms with van der Waals surface area (Å²) in [5, 5.41) is 15.8. The molecule has 1 saturated carbocycles. The maximum atomic E-state index is 12.1. The molecule has 0 saturated heterocycles. The molecule has 0 aliphatic heterocycles. The van der Waals surface area contributed by atoms with E-state index in [1.807, 2.05) is 12.1 Å². The van der Waals surface area contributed by atoms with Crippen LogP contribution < -0.4 is 10.6 Å².